The van der Waals surface area contributed by atoms with Crippen LogP contribution in [0.4, 0.5) is 5.69 Å². The third-order valence-electron chi connectivity index (χ3n) is 2.51. The Hall–Kier alpha value is -1.06. The number of halogens is 1. The first-order chi connectivity index (χ1) is 7.40. The number of aryl methyl sites for hydroxylation is 2. The van der Waals surface area contributed by atoms with E-state index in [0.717, 1.165) is 16.8 Å². The molecule has 0 saturated heterocycles. The molecular weight excluding hydrogens is 236 g/mol. The fourth-order valence-corrected chi connectivity index (χ4v) is 1.58. The molecule has 17 heavy (non-hydrogen) atoms. The van der Waals surface area contributed by atoms with E-state index in [1.54, 1.807) is 0 Å². The van der Waals surface area contributed by atoms with Crippen molar-refractivity contribution in [3.05, 3.63) is 29.3 Å². The Morgan fingerprint density at radius 3 is 2.06 bits per heavy atom. The molecular formula is C13H21ClN2O. The summed E-state index contributed by atoms with van der Waals surface area (Å²) in [6.07, 6.45) is 0. The monoisotopic (exact) mass is 256 g/mol. The average molecular weight is 257 g/mol. The number of benzene rings is 1. The molecule has 96 valence electrons. The van der Waals surface area contributed by atoms with Crippen LogP contribution in [0.5, 0.6) is 0 Å². The molecule has 1 amide bonds. The highest BCUT2D eigenvalue weighted by molar-refractivity contribution is 5.94. The minimum atomic E-state index is -0.458. The lowest BCUT2D eigenvalue weighted by Gasteiger charge is -2.15. The molecule has 1 aromatic carbocycles. The number of anilines is 1. The van der Waals surface area contributed by atoms with Crippen molar-refractivity contribution in [2.24, 2.45) is 11.7 Å². The van der Waals surface area contributed by atoms with Crippen molar-refractivity contribution in [2.75, 3.05) is 5.32 Å². The van der Waals surface area contributed by atoms with E-state index in [-0.39, 0.29) is 24.2 Å². The van der Waals surface area contributed by atoms with Crippen LogP contribution in [0, 0.1) is 19.8 Å². The van der Waals surface area contributed by atoms with E-state index in [9.17, 15) is 4.79 Å². The zero-order valence-corrected chi connectivity index (χ0v) is 11.6. The molecule has 1 unspecified atom stereocenters. The number of hydrogen-bond donors (Lipinski definition) is 2. The average Bonchev–Trinajstić information content (AvgIpc) is 2.14. The van der Waals surface area contributed by atoms with Gasteiger partial charge in [0, 0.05) is 5.69 Å². The first kappa shape index (κ1) is 15.9. The highest BCUT2D eigenvalue weighted by Gasteiger charge is 2.17. The summed E-state index contributed by atoms with van der Waals surface area (Å²) in [4.78, 5) is 11.7. The first-order valence-electron chi connectivity index (χ1n) is 5.55. The summed E-state index contributed by atoms with van der Waals surface area (Å²) in [5, 5.41) is 2.84. The van der Waals surface area contributed by atoms with Crippen molar-refractivity contribution in [1.29, 1.82) is 0 Å². The summed E-state index contributed by atoms with van der Waals surface area (Å²) in [5.41, 5.74) is 8.86. The van der Waals surface area contributed by atoms with Crippen LogP contribution in [0.15, 0.2) is 18.2 Å². The lowest BCUT2D eigenvalue weighted by molar-refractivity contribution is -0.118. The molecule has 0 aromatic heterocycles. The predicted octanol–water partition coefficient (Wildman–Crippen LogP) is 2.65. The van der Waals surface area contributed by atoms with Crippen molar-refractivity contribution in [3.8, 4) is 0 Å². The lowest BCUT2D eigenvalue weighted by Crippen LogP contribution is -2.39. The minimum Gasteiger partial charge on any atom is -0.325 e. The molecule has 0 bridgehead atoms. The van der Waals surface area contributed by atoms with Crippen molar-refractivity contribution in [2.45, 2.75) is 33.7 Å². The summed E-state index contributed by atoms with van der Waals surface area (Å²) < 4.78 is 0. The largest absolute Gasteiger partial charge is 0.325 e. The third-order valence-corrected chi connectivity index (χ3v) is 2.51. The van der Waals surface area contributed by atoms with Crippen LogP contribution in [-0.2, 0) is 4.79 Å². The van der Waals surface area contributed by atoms with Crippen LogP contribution in [-0.4, -0.2) is 11.9 Å². The summed E-state index contributed by atoms with van der Waals surface area (Å²) in [6, 6.07) is 5.49. The highest BCUT2D eigenvalue weighted by Crippen LogP contribution is 2.14. The van der Waals surface area contributed by atoms with E-state index >= 15 is 0 Å². The fraction of sp³-hybridized carbons (Fsp3) is 0.462. The van der Waals surface area contributed by atoms with Crippen LogP contribution < -0.4 is 11.1 Å². The summed E-state index contributed by atoms with van der Waals surface area (Å²) >= 11 is 0. The normalized spacial score (nSPS) is 11.9. The zero-order chi connectivity index (χ0) is 12.3. The molecule has 0 aliphatic carbocycles. The molecule has 0 saturated carbocycles. The number of nitrogens with one attached hydrogen (secondary N) is 1. The number of amides is 1. The Bertz CT molecular complexity index is 371. The molecule has 4 heteroatoms. The van der Waals surface area contributed by atoms with Gasteiger partial charge < -0.3 is 11.1 Å². The predicted molar refractivity (Wildman–Crippen MR) is 74.6 cm³/mol. The van der Waals surface area contributed by atoms with Crippen molar-refractivity contribution in [3.63, 3.8) is 0 Å². The molecule has 1 atom stereocenters. The number of rotatable bonds is 3. The maximum Gasteiger partial charge on any atom is 0.241 e. The first-order valence-corrected chi connectivity index (χ1v) is 5.55. The quantitative estimate of drug-likeness (QED) is 0.874. The van der Waals surface area contributed by atoms with Crippen LogP contribution in [0.1, 0.15) is 25.0 Å². The number of carbonyl (C=O) groups is 1. The van der Waals surface area contributed by atoms with Gasteiger partial charge in [-0.1, -0.05) is 19.9 Å². The molecule has 3 nitrogen and oxygen atoms in total. The third kappa shape index (κ3) is 4.75. The molecule has 0 aliphatic rings. The smallest absolute Gasteiger partial charge is 0.241 e. The summed E-state index contributed by atoms with van der Waals surface area (Å²) in [5.74, 6) is 0.0194. The van der Waals surface area contributed by atoms with E-state index in [4.69, 9.17) is 5.73 Å². The molecule has 0 radical (unpaired) electrons. The van der Waals surface area contributed by atoms with E-state index in [1.165, 1.54) is 0 Å². The number of carbonyl (C=O) groups excluding carboxylic acids is 1. The SMILES string of the molecule is Cc1cc(C)cc(NC(=O)C(N)C(C)C)c1.Cl. The Balaban J connectivity index is 0.00000256. The van der Waals surface area contributed by atoms with Gasteiger partial charge in [0.2, 0.25) is 5.91 Å². The Morgan fingerprint density at radius 2 is 1.65 bits per heavy atom. The van der Waals surface area contributed by atoms with Crippen molar-refractivity contribution < 1.29 is 4.79 Å². The number of nitrogens with two attached hydrogens (primary N) is 1. The highest BCUT2D eigenvalue weighted by atomic mass is 35.5. The van der Waals surface area contributed by atoms with Gasteiger partial charge in [-0.2, -0.15) is 0 Å². The van der Waals surface area contributed by atoms with Crippen LogP contribution in [0.3, 0.4) is 0 Å². The summed E-state index contributed by atoms with van der Waals surface area (Å²) in [7, 11) is 0. The molecule has 0 spiro atoms. The van der Waals surface area contributed by atoms with Crippen molar-refractivity contribution in [1.82, 2.24) is 0 Å². The van der Waals surface area contributed by atoms with Gasteiger partial charge in [-0.15, -0.1) is 12.4 Å². The van der Waals surface area contributed by atoms with Gasteiger partial charge in [0.25, 0.3) is 0 Å². The second-order valence-corrected chi connectivity index (χ2v) is 4.64. The molecule has 1 aromatic rings. The van der Waals surface area contributed by atoms with E-state index in [2.05, 4.69) is 11.4 Å². The second kappa shape index (κ2) is 6.62. The molecule has 0 aliphatic heterocycles. The maximum atomic E-state index is 11.7. The van der Waals surface area contributed by atoms with Gasteiger partial charge in [-0.3, -0.25) is 4.79 Å². The Labute approximate surface area is 109 Å². The standard InChI is InChI=1S/C13H20N2O.ClH/c1-8(2)12(14)13(16)15-11-6-9(3)5-10(4)7-11;/h5-8,12H,14H2,1-4H3,(H,15,16);1H. The maximum absolute atomic E-state index is 11.7. The van der Waals surface area contributed by atoms with E-state index < -0.39 is 6.04 Å². The molecule has 0 heterocycles. The number of hydrogen-bond acceptors (Lipinski definition) is 2. The topological polar surface area (TPSA) is 55.1 Å². The molecule has 3 N–H and O–H groups in total. The van der Waals surface area contributed by atoms with Gasteiger partial charge in [-0.25, -0.2) is 0 Å². The second-order valence-electron chi connectivity index (χ2n) is 4.64. The van der Waals surface area contributed by atoms with Gasteiger partial charge in [0.05, 0.1) is 6.04 Å². The lowest BCUT2D eigenvalue weighted by atomic mass is 10.0. The Kier molecular flexibility index (Phi) is 6.21. The van der Waals surface area contributed by atoms with Gasteiger partial charge in [0.15, 0.2) is 0 Å². The van der Waals surface area contributed by atoms with E-state index in [0.29, 0.717) is 0 Å². The minimum absolute atomic E-state index is 0. The Morgan fingerprint density at radius 1 is 1.18 bits per heavy atom. The zero-order valence-electron chi connectivity index (χ0n) is 10.8. The van der Waals surface area contributed by atoms with Gasteiger partial charge >= 0.3 is 0 Å². The molecule has 0 fully saturated rings. The van der Waals surface area contributed by atoms with Crippen LogP contribution in [0.2, 0.25) is 0 Å². The molecule has 1 rings (SSSR count). The van der Waals surface area contributed by atoms with Gasteiger partial charge in [0.1, 0.15) is 0 Å². The van der Waals surface area contributed by atoms with E-state index in [1.807, 2.05) is 39.8 Å². The fourth-order valence-electron chi connectivity index (χ4n) is 1.58. The van der Waals surface area contributed by atoms with Crippen molar-refractivity contribution >= 4 is 24.0 Å². The van der Waals surface area contributed by atoms with Gasteiger partial charge in [-0.05, 0) is 43.0 Å². The summed E-state index contributed by atoms with van der Waals surface area (Å²) in [6.45, 7) is 7.88. The van der Waals surface area contributed by atoms with Crippen LogP contribution in [0.25, 0.3) is 0 Å². The van der Waals surface area contributed by atoms with Crippen LogP contribution >= 0.6 is 12.4 Å².